The summed E-state index contributed by atoms with van der Waals surface area (Å²) in [7, 11) is 2.05. The molecule has 1 aromatic carbocycles. The van der Waals surface area contributed by atoms with Crippen molar-refractivity contribution >= 4 is 27.8 Å². The molecule has 0 bridgehead atoms. The lowest BCUT2D eigenvalue weighted by molar-refractivity contribution is -0.108. The lowest BCUT2D eigenvalue weighted by Crippen LogP contribution is -2.33. The van der Waals surface area contributed by atoms with Crippen molar-refractivity contribution in [3.8, 4) is 5.75 Å². The highest BCUT2D eigenvalue weighted by atomic mass is 31.0. The highest BCUT2D eigenvalue weighted by Crippen LogP contribution is 2.31. The number of hydrogen-bond donors (Lipinski definition) is 4. The van der Waals surface area contributed by atoms with E-state index >= 15 is 0 Å². The predicted octanol–water partition coefficient (Wildman–Crippen LogP) is -0.270. The second kappa shape index (κ2) is 7.90. The molecule has 5 unspecified atom stereocenters. The second-order valence-electron chi connectivity index (χ2n) is 5.38. The molecule has 0 aliphatic carbocycles. The number of ether oxygens (including phenoxy) is 2. The number of anilines is 1. The first kappa shape index (κ1) is 17.8. The molecule has 0 spiro atoms. The lowest BCUT2D eigenvalue weighted by Gasteiger charge is -2.22. The van der Waals surface area contributed by atoms with E-state index in [1.807, 2.05) is 6.07 Å². The van der Waals surface area contributed by atoms with Gasteiger partial charge in [-0.05, 0) is 12.1 Å². The third-order valence-electron chi connectivity index (χ3n) is 3.75. The minimum Gasteiger partial charge on any atom is -0.450 e. The first-order valence-corrected chi connectivity index (χ1v) is 7.96. The Morgan fingerprint density at radius 2 is 2.16 bits per heavy atom. The molecule has 1 aromatic rings. The van der Waals surface area contributed by atoms with Gasteiger partial charge in [-0.3, -0.25) is 9.79 Å². The van der Waals surface area contributed by atoms with Crippen molar-refractivity contribution in [2.75, 3.05) is 11.9 Å². The molecule has 134 valence electrons. The molecule has 25 heavy (non-hydrogen) atoms. The van der Waals surface area contributed by atoms with Crippen molar-refractivity contribution < 1.29 is 29.0 Å². The number of para-hydroxylation sites is 2. The summed E-state index contributed by atoms with van der Waals surface area (Å²) in [5.41, 5.74) is 0.689. The predicted molar refractivity (Wildman–Crippen MR) is 91.7 cm³/mol. The van der Waals surface area contributed by atoms with Crippen LogP contribution in [0.3, 0.4) is 0 Å². The van der Waals surface area contributed by atoms with E-state index in [0.29, 0.717) is 23.7 Å². The minimum absolute atomic E-state index is 0.0982. The maximum atomic E-state index is 10.8. The number of carbonyl (C=O) groups excluding carboxylic acids is 1. The fourth-order valence-electron chi connectivity index (χ4n) is 2.51. The number of nitrogens with one attached hydrogen (secondary N) is 2. The van der Waals surface area contributed by atoms with Crippen molar-refractivity contribution in [3.63, 3.8) is 0 Å². The van der Waals surface area contributed by atoms with Crippen LogP contribution in [-0.4, -0.2) is 54.0 Å². The quantitative estimate of drug-likeness (QED) is 0.310. The number of benzene rings is 1. The Morgan fingerprint density at radius 3 is 2.92 bits per heavy atom. The monoisotopic (exact) mass is 367 g/mol. The van der Waals surface area contributed by atoms with E-state index in [4.69, 9.17) is 14.0 Å². The summed E-state index contributed by atoms with van der Waals surface area (Å²) in [5.74, 6) is 1.10. The van der Waals surface area contributed by atoms with Crippen LogP contribution < -0.4 is 15.4 Å². The number of nitrogens with zero attached hydrogens (tertiary/aromatic N) is 1. The first-order chi connectivity index (χ1) is 12.1. The summed E-state index contributed by atoms with van der Waals surface area (Å²) in [6, 6.07) is 7.18. The molecule has 5 atom stereocenters. The van der Waals surface area contributed by atoms with Crippen LogP contribution in [0.2, 0.25) is 0 Å². The molecule has 3 rings (SSSR count). The molecular formula is C15H18N3O6P. The molecule has 2 heterocycles. The van der Waals surface area contributed by atoms with E-state index in [1.54, 1.807) is 18.2 Å². The molecule has 2 aliphatic rings. The van der Waals surface area contributed by atoms with E-state index < -0.39 is 24.5 Å². The number of aliphatic hydroxyl groups is 2. The van der Waals surface area contributed by atoms with Crippen molar-refractivity contribution in [1.29, 1.82) is 0 Å². The molecule has 0 saturated carbocycles. The molecule has 4 N–H and O–H groups in total. The second-order valence-corrected chi connectivity index (χ2v) is 5.72. The summed E-state index contributed by atoms with van der Waals surface area (Å²) < 4.78 is 16.0. The molecule has 10 heteroatoms. The minimum atomic E-state index is -1.20. The van der Waals surface area contributed by atoms with Gasteiger partial charge in [0.05, 0.1) is 18.5 Å². The number of rotatable bonds is 6. The van der Waals surface area contributed by atoms with Gasteiger partial charge in [-0.1, -0.05) is 12.1 Å². The molecule has 1 fully saturated rings. The average Bonchev–Trinajstić information content (AvgIpc) is 2.88. The van der Waals surface area contributed by atoms with E-state index in [1.165, 1.54) is 6.21 Å². The maximum Gasteiger partial charge on any atom is 0.212 e. The fourth-order valence-corrected chi connectivity index (χ4v) is 2.70. The Balaban J connectivity index is 1.78. The Hall–Kier alpha value is -2.03. The van der Waals surface area contributed by atoms with Gasteiger partial charge in [0, 0.05) is 9.47 Å². The Labute approximate surface area is 146 Å². The third-order valence-corrected chi connectivity index (χ3v) is 3.95. The van der Waals surface area contributed by atoms with Crippen LogP contribution in [0.25, 0.3) is 0 Å². The number of hydrogen-bond acceptors (Lipinski definition) is 8. The number of aliphatic hydroxyl groups excluding tert-OH is 2. The van der Waals surface area contributed by atoms with Gasteiger partial charge >= 0.3 is 0 Å². The van der Waals surface area contributed by atoms with Crippen LogP contribution in [0.15, 0.2) is 40.8 Å². The molecular weight excluding hydrogens is 349 g/mol. The van der Waals surface area contributed by atoms with Gasteiger partial charge in [-0.2, -0.15) is 0 Å². The zero-order chi connectivity index (χ0) is 17.8. The summed E-state index contributed by atoms with van der Waals surface area (Å²) in [6.07, 6.45) is -2.17. The zero-order valence-corrected chi connectivity index (χ0v) is 14.2. The Kier molecular flexibility index (Phi) is 5.62. The number of carbonyl (C=O) groups is 1. The summed E-state index contributed by atoms with van der Waals surface area (Å²) in [6.45, 7) is 0.0982. The van der Waals surface area contributed by atoms with Crippen LogP contribution in [0.5, 0.6) is 5.75 Å². The van der Waals surface area contributed by atoms with Crippen LogP contribution in [0, 0.1) is 0 Å². The first-order valence-electron chi connectivity index (χ1n) is 7.49. The van der Waals surface area contributed by atoms with Gasteiger partial charge in [-0.25, -0.2) is 0 Å². The summed E-state index contributed by atoms with van der Waals surface area (Å²) >= 11 is 0. The topological polar surface area (TPSA) is 122 Å². The highest BCUT2D eigenvalue weighted by molar-refractivity contribution is 7.09. The third kappa shape index (κ3) is 3.81. The molecule has 2 aliphatic heterocycles. The largest absolute Gasteiger partial charge is 0.450 e. The van der Waals surface area contributed by atoms with Gasteiger partial charge in [0.25, 0.3) is 0 Å². The molecule has 0 radical (unpaired) electrons. The smallest absolute Gasteiger partial charge is 0.212 e. The van der Waals surface area contributed by atoms with Crippen molar-refractivity contribution in [1.82, 2.24) is 5.32 Å². The number of amides is 1. The number of fused-ring (bicyclic) bond motifs is 1. The average molecular weight is 367 g/mol. The molecule has 1 amide bonds. The molecule has 1 saturated heterocycles. The van der Waals surface area contributed by atoms with E-state index in [9.17, 15) is 15.0 Å². The van der Waals surface area contributed by atoms with Crippen LogP contribution in [-0.2, 0) is 14.1 Å². The van der Waals surface area contributed by atoms with Crippen LogP contribution >= 0.6 is 9.47 Å². The molecule has 9 nitrogen and oxygen atoms in total. The van der Waals surface area contributed by atoms with Gasteiger partial charge in [-0.15, -0.1) is 0 Å². The standard InChI is InChI=1S/C15H18N3O6P/c19-7-17-14-10(23-9-4-2-1-3-8(9)18-14)5-16-15-13(21)12(20)11(24-15)6-22-25/h1-5,7,11-13,15,18,20-21H,6,25H2,(H,17,19). The van der Waals surface area contributed by atoms with E-state index in [2.05, 4.69) is 25.1 Å². The number of allylic oxidation sites excluding steroid dienone is 1. The fraction of sp³-hybridized carbons (Fsp3) is 0.333. The Morgan fingerprint density at radius 1 is 1.36 bits per heavy atom. The van der Waals surface area contributed by atoms with Crippen molar-refractivity contribution in [2.24, 2.45) is 4.99 Å². The lowest BCUT2D eigenvalue weighted by atomic mass is 10.1. The summed E-state index contributed by atoms with van der Waals surface area (Å²) in [4.78, 5) is 14.9. The normalized spacial score (nSPS) is 28.4. The van der Waals surface area contributed by atoms with Crippen molar-refractivity contribution in [3.05, 3.63) is 35.8 Å². The molecule has 0 aromatic heterocycles. The van der Waals surface area contributed by atoms with Gasteiger partial charge < -0.3 is 34.8 Å². The van der Waals surface area contributed by atoms with E-state index in [0.717, 1.165) is 0 Å². The Bertz CT molecular complexity index is 698. The van der Waals surface area contributed by atoms with Gasteiger partial charge in [0.15, 0.2) is 23.6 Å². The number of aliphatic imine (C=N–C) groups is 1. The van der Waals surface area contributed by atoms with Crippen LogP contribution in [0.1, 0.15) is 0 Å². The zero-order valence-electron chi connectivity index (χ0n) is 13.0. The van der Waals surface area contributed by atoms with Gasteiger partial charge in [0.2, 0.25) is 6.41 Å². The SMILES string of the molecule is O=CNC1=C(C=NC2OC(COP)C(O)C2O)Oc2ccccc2N1. The van der Waals surface area contributed by atoms with Crippen LogP contribution in [0.4, 0.5) is 5.69 Å². The maximum absolute atomic E-state index is 10.8. The van der Waals surface area contributed by atoms with E-state index in [-0.39, 0.29) is 12.4 Å². The summed E-state index contributed by atoms with van der Waals surface area (Å²) in [5, 5.41) is 25.4. The van der Waals surface area contributed by atoms with Crippen molar-refractivity contribution in [2.45, 2.75) is 24.5 Å². The highest BCUT2D eigenvalue weighted by Gasteiger charge is 2.42. The van der Waals surface area contributed by atoms with Gasteiger partial charge in [0.1, 0.15) is 18.3 Å².